The predicted molar refractivity (Wildman–Crippen MR) is 75.8 cm³/mol. The third-order valence-electron chi connectivity index (χ3n) is 2.66. The number of aryl methyl sites for hydroxylation is 1. The van der Waals surface area contributed by atoms with Crippen LogP contribution >= 0.6 is 0 Å². The minimum atomic E-state index is 0.329. The Morgan fingerprint density at radius 2 is 2.22 bits per heavy atom. The van der Waals surface area contributed by atoms with Crippen LogP contribution in [0.2, 0.25) is 0 Å². The first-order valence-corrected chi connectivity index (χ1v) is 6.32. The highest BCUT2D eigenvalue weighted by molar-refractivity contribution is 5.65. The van der Waals surface area contributed by atoms with E-state index in [9.17, 15) is 0 Å². The lowest BCUT2D eigenvalue weighted by molar-refractivity contribution is 0.149. The lowest BCUT2D eigenvalue weighted by atomic mass is 10.1. The van der Waals surface area contributed by atoms with Crippen molar-refractivity contribution in [2.24, 2.45) is 7.05 Å². The van der Waals surface area contributed by atoms with E-state index in [0.717, 1.165) is 30.2 Å². The minimum Gasteiger partial charge on any atom is -0.394 e. The maximum absolute atomic E-state index is 6.07. The summed E-state index contributed by atoms with van der Waals surface area (Å²) in [7, 11) is 1.89. The fourth-order valence-corrected chi connectivity index (χ4v) is 1.71. The number of ether oxygens (including phenoxy) is 1. The summed E-state index contributed by atoms with van der Waals surface area (Å²) in [5.74, 6) is 1.20. The average Bonchev–Trinajstić information content (AvgIpc) is 2.60. The van der Waals surface area contributed by atoms with E-state index in [-0.39, 0.29) is 0 Å². The Kier molecular flexibility index (Phi) is 5.71. The van der Waals surface area contributed by atoms with Crippen LogP contribution in [-0.2, 0) is 11.8 Å². The molecule has 0 saturated heterocycles. The monoisotopic (exact) mass is 252 g/mol. The second-order valence-corrected chi connectivity index (χ2v) is 4.54. The normalized spacial score (nSPS) is 10.9. The van der Waals surface area contributed by atoms with Crippen LogP contribution in [0.5, 0.6) is 0 Å². The quantitative estimate of drug-likeness (QED) is 0.549. The van der Waals surface area contributed by atoms with Crippen molar-refractivity contribution in [1.82, 2.24) is 9.78 Å². The van der Waals surface area contributed by atoms with Gasteiger partial charge in [-0.2, -0.15) is 5.10 Å². The van der Waals surface area contributed by atoms with E-state index in [1.807, 2.05) is 13.1 Å². The number of anilines is 2. The molecule has 1 heterocycles. The van der Waals surface area contributed by atoms with Gasteiger partial charge in [0.2, 0.25) is 0 Å². The maximum atomic E-state index is 6.07. The summed E-state index contributed by atoms with van der Waals surface area (Å²) in [6.07, 6.45) is 2.73. The van der Waals surface area contributed by atoms with Crippen LogP contribution < -0.4 is 11.1 Å². The van der Waals surface area contributed by atoms with Gasteiger partial charge in [-0.25, -0.2) is 0 Å². The van der Waals surface area contributed by atoms with Crippen LogP contribution in [-0.4, -0.2) is 29.5 Å². The molecule has 0 aromatic carbocycles. The van der Waals surface area contributed by atoms with E-state index < -0.39 is 0 Å². The van der Waals surface area contributed by atoms with Gasteiger partial charge in [-0.3, -0.25) is 4.68 Å². The summed E-state index contributed by atoms with van der Waals surface area (Å²) in [6, 6.07) is 0. The van der Waals surface area contributed by atoms with Crippen molar-refractivity contribution in [2.75, 3.05) is 30.8 Å². The molecule has 0 fully saturated rings. The van der Waals surface area contributed by atoms with Crippen molar-refractivity contribution >= 4 is 11.5 Å². The molecule has 0 amide bonds. The molecule has 0 aliphatic heterocycles. The van der Waals surface area contributed by atoms with Gasteiger partial charge in [0.05, 0.1) is 24.6 Å². The van der Waals surface area contributed by atoms with Crippen molar-refractivity contribution in [3.05, 3.63) is 18.3 Å². The molecule has 0 aliphatic rings. The van der Waals surface area contributed by atoms with Crippen LogP contribution in [0.4, 0.5) is 11.5 Å². The molecule has 0 radical (unpaired) electrons. The zero-order valence-electron chi connectivity index (χ0n) is 11.6. The Balaban J connectivity index is 2.45. The summed E-state index contributed by atoms with van der Waals surface area (Å²) < 4.78 is 7.21. The number of hydrogen-bond acceptors (Lipinski definition) is 4. The van der Waals surface area contributed by atoms with Crippen LogP contribution in [0.25, 0.3) is 0 Å². The molecule has 5 heteroatoms. The predicted octanol–water partition coefficient (Wildman–Crippen LogP) is 2.13. The molecular formula is C13H24N4O. The summed E-state index contributed by atoms with van der Waals surface area (Å²) >= 11 is 0. The smallest absolute Gasteiger partial charge is 0.147 e. The van der Waals surface area contributed by atoms with Crippen LogP contribution in [0.1, 0.15) is 31.9 Å². The van der Waals surface area contributed by atoms with Gasteiger partial charge >= 0.3 is 0 Å². The highest BCUT2D eigenvalue weighted by Gasteiger charge is 2.15. The molecule has 0 unspecified atom stereocenters. The van der Waals surface area contributed by atoms with Crippen molar-refractivity contribution < 1.29 is 4.74 Å². The molecule has 0 bridgehead atoms. The number of nitrogens with zero attached hydrogens (tertiary/aromatic N) is 2. The summed E-state index contributed by atoms with van der Waals surface area (Å²) in [5, 5.41) is 7.67. The third-order valence-corrected chi connectivity index (χ3v) is 2.66. The van der Waals surface area contributed by atoms with Gasteiger partial charge in [0.1, 0.15) is 5.82 Å². The van der Waals surface area contributed by atoms with E-state index in [4.69, 9.17) is 10.5 Å². The average molecular weight is 252 g/mol. The molecule has 0 saturated carbocycles. The molecule has 18 heavy (non-hydrogen) atoms. The second-order valence-electron chi connectivity index (χ2n) is 4.54. The van der Waals surface area contributed by atoms with Crippen molar-refractivity contribution in [2.45, 2.75) is 26.2 Å². The van der Waals surface area contributed by atoms with Crippen LogP contribution in [0.15, 0.2) is 12.7 Å². The number of nitrogen functional groups attached to an aromatic ring is 1. The molecule has 0 atom stereocenters. The standard InChI is InChI=1S/C13H24N4O/c1-5-6-8-18-9-7-15-13-11(14)12(10(2)3)16-17(13)4/h5,10,15H,1,6-9,14H2,2-4H3. The molecule has 5 nitrogen and oxygen atoms in total. The first kappa shape index (κ1) is 14.6. The Bertz CT molecular complexity index is 385. The number of nitrogens with one attached hydrogen (secondary N) is 1. The Morgan fingerprint density at radius 3 is 2.78 bits per heavy atom. The third kappa shape index (κ3) is 3.77. The fourth-order valence-electron chi connectivity index (χ4n) is 1.71. The first-order chi connectivity index (χ1) is 8.57. The lowest BCUT2D eigenvalue weighted by Crippen LogP contribution is -2.13. The SMILES string of the molecule is C=CCCOCCNc1c(N)c(C(C)C)nn1C. The fraction of sp³-hybridized carbons (Fsp3) is 0.615. The van der Waals surface area contributed by atoms with Gasteiger partial charge in [0, 0.05) is 13.6 Å². The van der Waals surface area contributed by atoms with Crippen LogP contribution in [0.3, 0.4) is 0 Å². The van der Waals surface area contributed by atoms with E-state index in [0.29, 0.717) is 19.1 Å². The summed E-state index contributed by atoms with van der Waals surface area (Å²) in [6.45, 7) is 9.89. The van der Waals surface area contributed by atoms with Gasteiger partial charge in [-0.15, -0.1) is 6.58 Å². The molecule has 3 N–H and O–H groups in total. The zero-order chi connectivity index (χ0) is 13.5. The van der Waals surface area contributed by atoms with Gasteiger partial charge in [-0.1, -0.05) is 19.9 Å². The lowest BCUT2D eigenvalue weighted by Gasteiger charge is -2.08. The molecule has 1 aromatic heterocycles. The molecule has 1 rings (SSSR count). The largest absolute Gasteiger partial charge is 0.394 e. The highest BCUT2D eigenvalue weighted by atomic mass is 16.5. The molecule has 0 spiro atoms. The number of hydrogen-bond donors (Lipinski definition) is 2. The zero-order valence-corrected chi connectivity index (χ0v) is 11.6. The maximum Gasteiger partial charge on any atom is 0.147 e. The minimum absolute atomic E-state index is 0.329. The molecule has 102 valence electrons. The number of rotatable bonds is 8. The summed E-state index contributed by atoms with van der Waals surface area (Å²) in [4.78, 5) is 0. The number of aromatic nitrogens is 2. The Morgan fingerprint density at radius 1 is 1.50 bits per heavy atom. The van der Waals surface area contributed by atoms with Crippen LogP contribution in [0, 0.1) is 0 Å². The van der Waals surface area contributed by atoms with E-state index in [1.54, 1.807) is 4.68 Å². The van der Waals surface area contributed by atoms with E-state index in [1.165, 1.54) is 0 Å². The Hall–Kier alpha value is -1.49. The topological polar surface area (TPSA) is 65.1 Å². The molecule has 0 aliphatic carbocycles. The number of nitrogens with two attached hydrogens (primary N) is 1. The first-order valence-electron chi connectivity index (χ1n) is 6.32. The summed E-state index contributed by atoms with van der Waals surface area (Å²) in [5.41, 5.74) is 7.74. The van der Waals surface area contributed by atoms with Crippen molar-refractivity contribution in [3.8, 4) is 0 Å². The van der Waals surface area contributed by atoms with Crippen molar-refractivity contribution in [1.29, 1.82) is 0 Å². The second kappa shape index (κ2) is 7.06. The van der Waals surface area contributed by atoms with Gasteiger partial charge in [0.25, 0.3) is 0 Å². The Labute approximate surface area is 109 Å². The highest BCUT2D eigenvalue weighted by Crippen LogP contribution is 2.27. The van der Waals surface area contributed by atoms with E-state index in [2.05, 4.69) is 30.8 Å². The van der Waals surface area contributed by atoms with Gasteiger partial charge in [0.15, 0.2) is 0 Å². The molecule has 1 aromatic rings. The van der Waals surface area contributed by atoms with Gasteiger partial charge in [-0.05, 0) is 12.3 Å². The van der Waals surface area contributed by atoms with Crippen molar-refractivity contribution in [3.63, 3.8) is 0 Å². The molecular weight excluding hydrogens is 228 g/mol. The van der Waals surface area contributed by atoms with Gasteiger partial charge < -0.3 is 15.8 Å². The van der Waals surface area contributed by atoms with E-state index >= 15 is 0 Å².